The van der Waals surface area contributed by atoms with E-state index in [0.717, 1.165) is 28.2 Å². The minimum atomic E-state index is -0.542. The van der Waals surface area contributed by atoms with Crippen molar-refractivity contribution < 1.29 is 18.7 Å². The van der Waals surface area contributed by atoms with E-state index in [1.54, 1.807) is 11.0 Å². The average molecular weight is 313 g/mol. The topological polar surface area (TPSA) is 38.8 Å². The van der Waals surface area contributed by atoms with Gasteiger partial charge < -0.3 is 14.4 Å². The van der Waals surface area contributed by atoms with Crippen LogP contribution in [0.2, 0.25) is 0 Å². The summed E-state index contributed by atoms with van der Waals surface area (Å²) in [6.45, 7) is 7.13. The normalized spacial score (nSPS) is 25.2. The molecule has 6 heteroatoms. The Morgan fingerprint density at radius 2 is 2.29 bits per heavy atom. The van der Waals surface area contributed by atoms with E-state index < -0.39 is 11.2 Å². The molecule has 1 aromatic rings. The maximum atomic E-state index is 13.6. The van der Waals surface area contributed by atoms with Crippen molar-refractivity contribution in [2.24, 2.45) is 0 Å². The van der Waals surface area contributed by atoms with Crippen LogP contribution in [0.15, 0.2) is 6.07 Å². The standard InChI is InChI=1S/C15H20FNO3S/c1-14(2,3)20-13(18)17-6-5-15(9-17)12-10(4-7-19-15)8-11(16)21-12/h8H,4-7,9H2,1-3H3. The Bertz CT molecular complexity index is 566. The zero-order valence-electron chi connectivity index (χ0n) is 12.6. The van der Waals surface area contributed by atoms with Crippen molar-refractivity contribution in [1.82, 2.24) is 4.90 Å². The molecule has 2 aliphatic rings. The van der Waals surface area contributed by atoms with Crippen LogP contribution in [0.5, 0.6) is 0 Å². The van der Waals surface area contributed by atoms with Crippen LogP contribution in [-0.2, 0) is 21.5 Å². The van der Waals surface area contributed by atoms with Gasteiger partial charge in [0.1, 0.15) is 11.2 Å². The van der Waals surface area contributed by atoms with Crippen LogP contribution in [0.25, 0.3) is 0 Å². The molecule has 3 heterocycles. The van der Waals surface area contributed by atoms with E-state index >= 15 is 0 Å². The Labute approximate surface area is 127 Å². The number of hydrogen-bond acceptors (Lipinski definition) is 4. The van der Waals surface area contributed by atoms with Crippen LogP contribution >= 0.6 is 11.3 Å². The first-order chi connectivity index (χ1) is 9.79. The quantitative estimate of drug-likeness (QED) is 0.738. The van der Waals surface area contributed by atoms with Crippen molar-refractivity contribution in [2.45, 2.75) is 44.8 Å². The summed E-state index contributed by atoms with van der Waals surface area (Å²) in [4.78, 5) is 14.8. The third kappa shape index (κ3) is 2.79. The van der Waals surface area contributed by atoms with E-state index in [4.69, 9.17) is 9.47 Å². The first kappa shape index (κ1) is 14.8. The molecule has 1 fully saturated rings. The summed E-state index contributed by atoms with van der Waals surface area (Å²) in [7, 11) is 0. The number of rotatable bonds is 0. The second kappa shape index (κ2) is 4.95. The molecule has 1 saturated heterocycles. The van der Waals surface area contributed by atoms with Crippen LogP contribution in [-0.4, -0.2) is 36.3 Å². The molecule has 0 aromatic carbocycles. The Hall–Kier alpha value is -1.14. The number of thiophene rings is 1. The molecule has 21 heavy (non-hydrogen) atoms. The third-order valence-corrected chi connectivity index (χ3v) is 4.98. The number of carbonyl (C=O) groups is 1. The number of amides is 1. The molecular formula is C15H20FNO3S. The zero-order valence-corrected chi connectivity index (χ0v) is 13.4. The van der Waals surface area contributed by atoms with Crippen molar-refractivity contribution in [2.75, 3.05) is 19.7 Å². The summed E-state index contributed by atoms with van der Waals surface area (Å²) >= 11 is 1.14. The van der Waals surface area contributed by atoms with E-state index in [9.17, 15) is 9.18 Å². The van der Waals surface area contributed by atoms with Crippen molar-refractivity contribution in [3.05, 3.63) is 21.6 Å². The maximum absolute atomic E-state index is 13.6. The molecule has 0 radical (unpaired) electrons. The number of ether oxygens (including phenoxy) is 2. The first-order valence-corrected chi connectivity index (χ1v) is 8.01. The molecule has 116 valence electrons. The molecule has 1 unspecified atom stereocenters. The lowest BCUT2D eigenvalue weighted by Gasteiger charge is -2.33. The second-order valence-electron chi connectivity index (χ2n) is 6.65. The van der Waals surface area contributed by atoms with Gasteiger partial charge in [-0.2, -0.15) is 4.39 Å². The highest BCUT2D eigenvalue weighted by Crippen LogP contribution is 2.44. The number of fused-ring (bicyclic) bond motifs is 2. The molecule has 1 aromatic heterocycles. The summed E-state index contributed by atoms with van der Waals surface area (Å²) in [5.41, 5.74) is -0.0326. The number of halogens is 1. The second-order valence-corrected chi connectivity index (χ2v) is 7.65. The molecule has 0 saturated carbocycles. The van der Waals surface area contributed by atoms with Gasteiger partial charge in [-0.25, -0.2) is 4.79 Å². The Morgan fingerprint density at radius 3 is 3.00 bits per heavy atom. The van der Waals surface area contributed by atoms with E-state index in [-0.39, 0.29) is 11.2 Å². The molecule has 1 amide bonds. The molecule has 0 aliphatic carbocycles. The molecule has 1 spiro atoms. The molecule has 3 rings (SSSR count). The van der Waals surface area contributed by atoms with Crippen molar-refractivity contribution in [3.8, 4) is 0 Å². The van der Waals surface area contributed by atoms with E-state index in [0.29, 0.717) is 26.1 Å². The molecule has 1 atom stereocenters. The molecule has 2 aliphatic heterocycles. The van der Waals surface area contributed by atoms with Gasteiger partial charge in [-0.05, 0) is 38.8 Å². The lowest BCUT2D eigenvalue weighted by atomic mass is 9.94. The molecule has 0 bridgehead atoms. The highest BCUT2D eigenvalue weighted by atomic mass is 32.1. The predicted octanol–water partition coefficient (Wildman–Crippen LogP) is 3.30. The van der Waals surface area contributed by atoms with Gasteiger partial charge in [0, 0.05) is 17.8 Å². The lowest BCUT2D eigenvalue weighted by molar-refractivity contribution is -0.0505. The minimum absolute atomic E-state index is 0.180. The van der Waals surface area contributed by atoms with Crippen LogP contribution in [0, 0.1) is 5.13 Å². The molecule has 4 nitrogen and oxygen atoms in total. The fourth-order valence-electron chi connectivity index (χ4n) is 2.96. The number of hydrogen-bond donors (Lipinski definition) is 0. The predicted molar refractivity (Wildman–Crippen MR) is 78.0 cm³/mol. The number of nitrogens with zero attached hydrogens (tertiary/aromatic N) is 1. The number of carbonyl (C=O) groups excluding carboxylic acids is 1. The van der Waals surface area contributed by atoms with Gasteiger partial charge >= 0.3 is 6.09 Å². The van der Waals surface area contributed by atoms with Crippen LogP contribution < -0.4 is 0 Å². The average Bonchev–Trinajstić information content (AvgIpc) is 2.92. The van der Waals surface area contributed by atoms with Crippen molar-refractivity contribution in [1.29, 1.82) is 0 Å². The summed E-state index contributed by atoms with van der Waals surface area (Å²) in [5, 5.41) is -0.180. The van der Waals surface area contributed by atoms with Crippen LogP contribution in [0.4, 0.5) is 9.18 Å². The summed E-state index contributed by atoms with van der Waals surface area (Å²) in [6.07, 6.45) is 1.11. The highest BCUT2D eigenvalue weighted by molar-refractivity contribution is 7.10. The Kier molecular flexibility index (Phi) is 3.48. The van der Waals surface area contributed by atoms with Crippen molar-refractivity contribution >= 4 is 17.4 Å². The Morgan fingerprint density at radius 1 is 1.52 bits per heavy atom. The van der Waals surface area contributed by atoms with Gasteiger partial charge in [0.15, 0.2) is 5.13 Å². The van der Waals surface area contributed by atoms with Gasteiger partial charge in [-0.3, -0.25) is 0 Å². The van der Waals surface area contributed by atoms with Gasteiger partial charge in [-0.15, -0.1) is 11.3 Å². The lowest BCUT2D eigenvalue weighted by Crippen LogP contribution is -2.40. The Balaban J connectivity index is 1.79. The van der Waals surface area contributed by atoms with Gasteiger partial charge in [0.25, 0.3) is 0 Å². The van der Waals surface area contributed by atoms with Gasteiger partial charge in [0.2, 0.25) is 0 Å². The first-order valence-electron chi connectivity index (χ1n) is 7.20. The summed E-state index contributed by atoms with van der Waals surface area (Å²) in [5.74, 6) is 0. The van der Waals surface area contributed by atoms with Gasteiger partial charge in [0.05, 0.1) is 13.2 Å². The fraction of sp³-hybridized carbons (Fsp3) is 0.667. The maximum Gasteiger partial charge on any atom is 0.410 e. The van der Waals surface area contributed by atoms with Crippen LogP contribution in [0.1, 0.15) is 37.6 Å². The largest absolute Gasteiger partial charge is 0.444 e. The SMILES string of the molecule is CC(C)(C)OC(=O)N1CCC2(C1)OCCc1cc(F)sc12. The van der Waals surface area contributed by atoms with Gasteiger partial charge in [-0.1, -0.05) is 0 Å². The monoisotopic (exact) mass is 313 g/mol. The fourth-order valence-corrected chi connectivity index (χ4v) is 4.06. The summed E-state index contributed by atoms with van der Waals surface area (Å²) < 4.78 is 24.9. The van der Waals surface area contributed by atoms with E-state index in [1.807, 2.05) is 20.8 Å². The van der Waals surface area contributed by atoms with Crippen molar-refractivity contribution in [3.63, 3.8) is 0 Å². The number of likely N-dealkylation sites (tertiary alicyclic amines) is 1. The molecular weight excluding hydrogens is 293 g/mol. The third-order valence-electron chi connectivity index (χ3n) is 3.83. The zero-order chi connectivity index (χ0) is 15.3. The van der Waals surface area contributed by atoms with Crippen LogP contribution in [0.3, 0.4) is 0 Å². The smallest absolute Gasteiger partial charge is 0.410 e. The van der Waals surface area contributed by atoms with E-state index in [1.165, 1.54) is 0 Å². The highest BCUT2D eigenvalue weighted by Gasteiger charge is 2.47. The molecule has 0 N–H and O–H groups in total. The summed E-state index contributed by atoms with van der Waals surface area (Å²) in [6, 6.07) is 1.60. The minimum Gasteiger partial charge on any atom is -0.444 e. The van der Waals surface area contributed by atoms with E-state index in [2.05, 4.69) is 0 Å².